The van der Waals surface area contributed by atoms with Gasteiger partial charge in [0.2, 0.25) is 0 Å². The number of nitrogens with zero attached hydrogens (tertiary/aromatic N) is 4. The third kappa shape index (κ3) is 3.58. The van der Waals surface area contributed by atoms with Crippen molar-refractivity contribution < 1.29 is 9.47 Å². The maximum Gasteiger partial charge on any atom is 0.162 e. The van der Waals surface area contributed by atoms with Gasteiger partial charge in [0, 0.05) is 55.9 Å². The Morgan fingerprint density at radius 3 is 2.14 bits per heavy atom. The predicted octanol–water partition coefficient (Wildman–Crippen LogP) is 3.49. The number of anilines is 2. The van der Waals surface area contributed by atoms with Crippen LogP contribution in [-0.4, -0.2) is 50.4 Å². The summed E-state index contributed by atoms with van der Waals surface area (Å²) in [5.41, 5.74) is 3.16. The topological polar surface area (TPSA) is 50.7 Å². The highest BCUT2D eigenvalue weighted by Gasteiger charge is 2.22. The molecule has 4 rings (SSSR count). The molecule has 0 amide bonds. The number of benzene rings is 2. The van der Waals surface area contributed by atoms with E-state index in [4.69, 9.17) is 9.47 Å². The summed E-state index contributed by atoms with van der Waals surface area (Å²) in [6.45, 7) is 3.57. The quantitative estimate of drug-likeness (QED) is 0.679. The average Bonchev–Trinajstić information content (AvgIpc) is 2.79. The summed E-state index contributed by atoms with van der Waals surface area (Å²) in [6, 6.07) is 16.3. The summed E-state index contributed by atoms with van der Waals surface area (Å²) >= 11 is 0. The van der Waals surface area contributed by atoms with Gasteiger partial charge < -0.3 is 19.3 Å². The molecule has 0 saturated carbocycles. The van der Waals surface area contributed by atoms with E-state index in [1.165, 1.54) is 0 Å². The molecule has 0 spiro atoms. The zero-order valence-corrected chi connectivity index (χ0v) is 16.2. The van der Waals surface area contributed by atoms with Gasteiger partial charge in [-0.25, -0.2) is 4.98 Å². The fourth-order valence-electron chi connectivity index (χ4n) is 3.56. The molecule has 28 heavy (non-hydrogen) atoms. The van der Waals surface area contributed by atoms with E-state index in [0.717, 1.165) is 60.4 Å². The van der Waals surface area contributed by atoms with Crippen molar-refractivity contribution in [1.82, 2.24) is 9.97 Å². The Balaban J connectivity index is 1.51. The van der Waals surface area contributed by atoms with Crippen LogP contribution in [0.2, 0.25) is 0 Å². The Labute approximate surface area is 165 Å². The fraction of sp³-hybridized carbons (Fsp3) is 0.273. The molecular formula is C22H24N4O2. The molecule has 6 nitrogen and oxygen atoms in total. The second-order valence-electron chi connectivity index (χ2n) is 6.61. The van der Waals surface area contributed by atoms with E-state index in [2.05, 4.69) is 38.0 Å². The van der Waals surface area contributed by atoms with Crippen molar-refractivity contribution >= 4 is 11.5 Å². The van der Waals surface area contributed by atoms with Crippen LogP contribution in [0.4, 0.5) is 11.5 Å². The average molecular weight is 376 g/mol. The summed E-state index contributed by atoms with van der Waals surface area (Å²) in [7, 11) is 3.32. The first-order valence-corrected chi connectivity index (χ1v) is 9.38. The van der Waals surface area contributed by atoms with E-state index < -0.39 is 0 Å². The van der Waals surface area contributed by atoms with Crippen LogP contribution < -0.4 is 19.3 Å². The van der Waals surface area contributed by atoms with Gasteiger partial charge in [-0.15, -0.1) is 0 Å². The van der Waals surface area contributed by atoms with Crippen LogP contribution in [0, 0.1) is 0 Å². The Kier molecular flexibility index (Phi) is 5.28. The van der Waals surface area contributed by atoms with Gasteiger partial charge >= 0.3 is 0 Å². The molecule has 0 atom stereocenters. The zero-order chi connectivity index (χ0) is 19.3. The van der Waals surface area contributed by atoms with Crippen molar-refractivity contribution in [2.75, 3.05) is 50.2 Å². The molecule has 0 N–H and O–H groups in total. The van der Waals surface area contributed by atoms with Gasteiger partial charge in [-0.3, -0.25) is 4.98 Å². The number of hydrogen-bond donors (Lipinski definition) is 0. The number of ether oxygens (including phenoxy) is 2. The Morgan fingerprint density at radius 2 is 1.43 bits per heavy atom. The molecule has 1 aromatic heterocycles. The molecule has 2 heterocycles. The van der Waals surface area contributed by atoms with Crippen molar-refractivity contribution in [3.8, 4) is 22.8 Å². The molecule has 6 heteroatoms. The standard InChI is InChI=1S/C22H24N4O2/c1-27-19-9-8-18(16-20(19)28-2)25-12-14-26(15-13-25)22-21(23-10-11-24-22)17-6-4-3-5-7-17/h3-11,16H,12-15H2,1-2H3. The molecule has 1 aliphatic heterocycles. The lowest BCUT2D eigenvalue weighted by atomic mass is 10.1. The van der Waals surface area contributed by atoms with Crippen molar-refractivity contribution in [3.05, 3.63) is 60.9 Å². The summed E-state index contributed by atoms with van der Waals surface area (Å²) in [4.78, 5) is 13.9. The molecule has 0 bridgehead atoms. The minimum atomic E-state index is 0.747. The third-order valence-corrected chi connectivity index (χ3v) is 5.04. The van der Waals surface area contributed by atoms with Gasteiger partial charge in [0.15, 0.2) is 17.3 Å². The van der Waals surface area contributed by atoms with E-state index in [1.807, 2.05) is 30.3 Å². The predicted molar refractivity (Wildman–Crippen MR) is 111 cm³/mol. The van der Waals surface area contributed by atoms with Gasteiger partial charge in [0.05, 0.1) is 14.2 Å². The monoisotopic (exact) mass is 376 g/mol. The normalized spacial score (nSPS) is 14.1. The lowest BCUT2D eigenvalue weighted by Crippen LogP contribution is -2.47. The van der Waals surface area contributed by atoms with Gasteiger partial charge in [-0.1, -0.05) is 30.3 Å². The highest BCUT2D eigenvalue weighted by Crippen LogP contribution is 2.33. The molecular weight excluding hydrogens is 352 g/mol. The zero-order valence-electron chi connectivity index (χ0n) is 16.2. The minimum Gasteiger partial charge on any atom is -0.493 e. The third-order valence-electron chi connectivity index (χ3n) is 5.04. The van der Waals surface area contributed by atoms with Crippen LogP contribution in [-0.2, 0) is 0 Å². The highest BCUT2D eigenvalue weighted by molar-refractivity contribution is 5.72. The lowest BCUT2D eigenvalue weighted by molar-refractivity contribution is 0.355. The van der Waals surface area contributed by atoms with Crippen LogP contribution in [0.25, 0.3) is 11.3 Å². The Morgan fingerprint density at radius 1 is 0.750 bits per heavy atom. The first-order valence-electron chi connectivity index (χ1n) is 9.38. The van der Waals surface area contributed by atoms with Crippen LogP contribution >= 0.6 is 0 Å². The Bertz CT molecular complexity index is 925. The van der Waals surface area contributed by atoms with Crippen molar-refractivity contribution in [2.45, 2.75) is 0 Å². The molecule has 1 aliphatic rings. The minimum absolute atomic E-state index is 0.747. The van der Waals surface area contributed by atoms with E-state index in [0.29, 0.717) is 0 Å². The molecule has 2 aromatic carbocycles. The molecule has 0 aliphatic carbocycles. The summed E-state index contributed by atoms with van der Waals surface area (Å²) in [5, 5.41) is 0. The molecule has 144 valence electrons. The van der Waals surface area contributed by atoms with E-state index in [-0.39, 0.29) is 0 Å². The van der Waals surface area contributed by atoms with Crippen molar-refractivity contribution in [2.24, 2.45) is 0 Å². The maximum absolute atomic E-state index is 5.44. The lowest BCUT2D eigenvalue weighted by Gasteiger charge is -2.37. The van der Waals surface area contributed by atoms with E-state index in [1.54, 1.807) is 26.6 Å². The van der Waals surface area contributed by atoms with Gasteiger partial charge in [-0.2, -0.15) is 0 Å². The highest BCUT2D eigenvalue weighted by atomic mass is 16.5. The van der Waals surface area contributed by atoms with Crippen molar-refractivity contribution in [1.29, 1.82) is 0 Å². The number of methoxy groups -OCH3 is 2. The largest absolute Gasteiger partial charge is 0.493 e. The van der Waals surface area contributed by atoms with Gasteiger partial charge in [-0.05, 0) is 12.1 Å². The molecule has 1 saturated heterocycles. The smallest absolute Gasteiger partial charge is 0.162 e. The summed E-state index contributed by atoms with van der Waals surface area (Å²) < 4.78 is 10.8. The SMILES string of the molecule is COc1ccc(N2CCN(c3nccnc3-c3ccccc3)CC2)cc1OC. The molecule has 3 aromatic rings. The maximum atomic E-state index is 5.44. The second kappa shape index (κ2) is 8.17. The molecule has 0 unspecified atom stereocenters. The fourth-order valence-corrected chi connectivity index (χ4v) is 3.56. The Hall–Kier alpha value is -3.28. The summed E-state index contributed by atoms with van der Waals surface area (Å²) in [6.07, 6.45) is 3.52. The number of aromatic nitrogens is 2. The number of piperazine rings is 1. The van der Waals surface area contributed by atoms with Crippen LogP contribution in [0.1, 0.15) is 0 Å². The first kappa shape index (κ1) is 18.1. The van der Waals surface area contributed by atoms with Crippen LogP contribution in [0.15, 0.2) is 60.9 Å². The molecule has 0 radical (unpaired) electrons. The van der Waals surface area contributed by atoms with Gasteiger partial charge in [0.25, 0.3) is 0 Å². The number of rotatable bonds is 5. The second-order valence-corrected chi connectivity index (χ2v) is 6.61. The summed E-state index contributed by atoms with van der Waals surface area (Å²) in [5.74, 6) is 2.44. The molecule has 1 fully saturated rings. The van der Waals surface area contributed by atoms with Crippen LogP contribution in [0.5, 0.6) is 11.5 Å². The van der Waals surface area contributed by atoms with Crippen molar-refractivity contribution in [3.63, 3.8) is 0 Å². The van der Waals surface area contributed by atoms with E-state index in [9.17, 15) is 0 Å². The first-order chi connectivity index (χ1) is 13.8. The van der Waals surface area contributed by atoms with Gasteiger partial charge in [0.1, 0.15) is 5.69 Å². The van der Waals surface area contributed by atoms with E-state index >= 15 is 0 Å². The number of hydrogen-bond acceptors (Lipinski definition) is 6. The van der Waals surface area contributed by atoms with Crippen LogP contribution in [0.3, 0.4) is 0 Å².